The molecule has 21 heavy (non-hydrogen) atoms. The van der Waals surface area contributed by atoms with Gasteiger partial charge in [-0.2, -0.15) is 0 Å². The average molecular weight is 310 g/mol. The molecule has 0 unspecified atom stereocenters. The van der Waals surface area contributed by atoms with Crippen LogP contribution in [-0.2, 0) is 0 Å². The number of nitrogens with zero attached hydrogens (tertiary/aromatic N) is 1. The number of rotatable bonds is 4. The van der Waals surface area contributed by atoms with Crippen molar-refractivity contribution in [2.75, 3.05) is 20.2 Å². The second kappa shape index (κ2) is 6.80. The van der Waals surface area contributed by atoms with Gasteiger partial charge in [0.1, 0.15) is 5.75 Å². The molecule has 0 atom stereocenters. The van der Waals surface area contributed by atoms with Gasteiger partial charge in [-0.05, 0) is 58.0 Å². The van der Waals surface area contributed by atoms with Gasteiger partial charge in [0.15, 0.2) is 5.78 Å². The van der Waals surface area contributed by atoms with E-state index in [2.05, 4.69) is 4.90 Å². The van der Waals surface area contributed by atoms with Gasteiger partial charge in [-0.1, -0.05) is 24.4 Å². The summed E-state index contributed by atoms with van der Waals surface area (Å²) in [7, 11) is 1.56. The largest absolute Gasteiger partial charge is 0.495 e. The fourth-order valence-electron chi connectivity index (χ4n) is 2.93. The molecule has 0 saturated carbocycles. The third-order valence-electron chi connectivity index (χ3n) is 4.37. The molecule has 1 aromatic carbocycles. The van der Waals surface area contributed by atoms with Gasteiger partial charge in [-0.25, -0.2) is 0 Å². The van der Waals surface area contributed by atoms with Crippen molar-refractivity contribution in [1.29, 1.82) is 0 Å². The Morgan fingerprint density at radius 2 is 1.81 bits per heavy atom. The number of halogens is 1. The van der Waals surface area contributed by atoms with Crippen molar-refractivity contribution in [3.05, 3.63) is 28.8 Å². The van der Waals surface area contributed by atoms with Gasteiger partial charge in [0.25, 0.3) is 0 Å². The first-order chi connectivity index (χ1) is 9.96. The maximum atomic E-state index is 12.9. The van der Waals surface area contributed by atoms with Gasteiger partial charge in [0.2, 0.25) is 0 Å². The predicted octanol–water partition coefficient (Wildman–Crippen LogP) is 4.19. The highest BCUT2D eigenvalue weighted by Gasteiger charge is 2.35. The first kappa shape index (κ1) is 16.3. The number of Topliss-reactive ketones (excluding diaryl/α,β-unsaturated/α-hetero) is 1. The molecule has 4 heteroatoms. The van der Waals surface area contributed by atoms with Crippen LogP contribution in [0, 0.1) is 0 Å². The lowest BCUT2D eigenvalue weighted by Gasteiger charge is -2.36. The predicted molar refractivity (Wildman–Crippen MR) is 86.5 cm³/mol. The van der Waals surface area contributed by atoms with Crippen molar-refractivity contribution in [2.45, 2.75) is 45.1 Å². The lowest BCUT2D eigenvalue weighted by molar-refractivity contribution is 0.0649. The maximum absolute atomic E-state index is 12.9. The van der Waals surface area contributed by atoms with Crippen LogP contribution in [-0.4, -0.2) is 36.4 Å². The average Bonchev–Trinajstić information content (AvgIpc) is 2.76. The van der Waals surface area contributed by atoms with E-state index in [1.807, 2.05) is 13.8 Å². The van der Waals surface area contributed by atoms with Gasteiger partial charge in [-0.3, -0.25) is 9.69 Å². The highest BCUT2D eigenvalue weighted by Crippen LogP contribution is 2.29. The molecule has 0 bridgehead atoms. The van der Waals surface area contributed by atoms with Crippen LogP contribution in [0.25, 0.3) is 0 Å². The zero-order valence-corrected chi connectivity index (χ0v) is 13.9. The molecule has 1 fully saturated rings. The molecule has 2 rings (SSSR count). The third kappa shape index (κ3) is 3.58. The Bertz CT molecular complexity index is 506. The normalized spacial score (nSPS) is 17.3. The van der Waals surface area contributed by atoms with Crippen LogP contribution >= 0.6 is 11.6 Å². The molecule has 0 amide bonds. The molecule has 1 aromatic rings. The monoisotopic (exact) mass is 309 g/mol. The summed E-state index contributed by atoms with van der Waals surface area (Å²) in [6.45, 7) is 6.01. The zero-order chi connectivity index (χ0) is 15.5. The fraction of sp³-hybridized carbons (Fsp3) is 0.588. The van der Waals surface area contributed by atoms with E-state index in [9.17, 15) is 4.79 Å². The lowest BCUT2D eigenvalue weighted by atomic mass is 9.91. The van der Waals surface area contributed by atoms with Crippen LogP contribution in [0.2, 0.25) is 5.02 Å². The van der Waals surface area contributed by atoms with Crippen molar-refractivity contribution < 1.29 is 9.53 Å². The topological polar surface area (TPSA) is 29.5 Å². The summed E-state index contributed by atoms with van der Waals surface area (Å²) in [5, 5.41) is 0.529. The molecule has 1 heterocycles. The summed E-state index contributed by atoms with van der Waals surface area (Å²) < 4.78 is 5.22. The van der Waals surface area contributed by atoms with Crippen LogP contribution in [0.3, 0.4) is 0 Å². The van der Waals surface area contributed by atoms with Crippen molar-refractivity contribution >= 4 is 17.4 Å². The van der Waals surface area contributed by atoms with Crippen LogP contribution in [0.1, 0.15) is 49.9 Å². The summed E-state index contributed by atoms with van der Waals surface area (Å²) in [6, 6.07) is 5.25. The van der Waals surface area contributed by atoms with Crippen LogP contribution in [0.4, 0.5) is 0 Å². The molecule has 0 spiro atoms. The van der Waals surface area contributed by atoms with Crippen molar-refractivity contribution in [2.24, 2.45) is 0 Å². The fourth-order valence-corrected chi connectivity index (χ4v) is 3.12. The molecule has 116 valence electrons. The minimum Gasteiger partial charge on any atom is -0.495 e. The second-order valence-electron chi connectivity index (χ2n) is 6.14. The van der Waals surface area contributed by atoms with Crippen molar-refractivity contribution in [3.8, 4) is 5.75 Å². The molecular formula is C17H24ClNO2. The molecule has 1 saturated heterocycles. The molecular weight excluding hydrogens is 286 g/mol. The SMILES string of the molecule is COc1cc(C(=O)C(C)(C)N2CCCCCC2)ccc1Cl. The summed E-state index contributed by atoms with van der Waals surface area (Å²) in [5.41, 5.74) is 0.161. The second-order valence-corrected chi connectivity index (χ2v) is 6.55. The van der Waals surface area contributed by atoms with Crippen LogP contribution < -0.4 is 4.74 Å². The van der Waals surface area contributed by atoms with E-state index in [1.165, 1.54) is 25.7 Å². The molecule has 0 radical (unpaired) electrons. The van der Waals surface area contributed by atoms with E-state index in [4.69, 9.17) is 16.3 Å². The van der Waals surface area contributed by atoms with E-state index < -0.39 is 5.54 Å². The van der Waals surface area contributed by atoms with Crippen LogP contribution in [0.5, 0.6) is 5.75 Å². The molecule has 3 nitrogen and oxygen atoms in total. The number of methoxy groups -OCH3 is 1. The van der Waals surface area contributed by atoms with Gasteiger partial charge in [-0.15, -0.1) is 0 Å². The third-order valence-corrected chi connectivity index (χ3v) is 4.68. The van der Waals surface area contributed by atoms with E-state index in [1.54, 1.807) is 25.3 Å². The Hall–Kier alpha value is -1.06. The number of benzene rings is 1. The summed E-state index contributed by atoms with van der Waals surface area (Å²) in [5.74, 6) is 0.675. The molecule has 0 aromatic heterocycles. The minimum absolute atomic E-state index is 0.124. The Labute approximate surface area is 132 Å². The number of carbonyl (C=O) groups excluding carboxylic acids is 1. The van der Waals surface area contributed by atoms with Gasteiger partial charge in [0.05, 0.1) is 17.7 Å². The zero-order valence-electron chi connectivity index (χ0n) is 13.1. The standard InChI is InChI=1S/C17H24ClNO2/c1-17(2,19-10-6-4-5-7-11-19)16(20)13-8-9-14(18)15(12-13)21-3/h8-9,12H,4-7,10-11H2,1-3H3. The first-order valence-corrected chi connectivity index (χ1v) is 7.98. The summed E-state index contributed by atoms with van der Waals surface area (Å²) in [4.78, 5) is 15.2. The maximum Gasteiger partial charge on any atom is 0.182 e. The highest BCUT2D eigenvalue weighted by atomic mass is 35.5. The number of ether oxygens (including phenoxy) is 1. The minimum atomic E-state index is -0.497. The molecule has 1 aliphatic rings. The number of ketones is 1. The number of hydrogen-bond donors (Lipinski definition) is 0. The quantitative estimate of drug-likeness (QED) is 0.781. The van der Waals surface area contributed by atoms with Gasteiger partial charge in [0, 0.05) is 5.56 Å². The molecule has 0 N–H and O–H groups in total. The van der Waals surface area contributed by atoms with E-state index in [-0.39, 0.29) is 5.78 Å². The lowest BCUT2D eigenvalue weighted by Crippen LogP contribution is -2.50. The molecule has 1 aliphatic heterocycles. The summed E-state index contributed by atoms with van der Waals surface area (Å²) >= 11 is 6.04. The van der Waals surface area contributed by atoms with Gasteiger partial charge < -0.3 is 4.74 Å². The summed E-state index contributed by atoms with van der Waals surface area (Å²) in [6.07, 6.45) is 4.85. The van der Waals surface area contributed by atoms with Gasteiger partial charge >= 0.3 is 0 Å². The first-order valence-electron chi connectivity index (χ1n) is 7.60. The van der Waals surface area contributed by atoms with E-state index in [0.29, 0.717) is 16.3 Å². The van der Waals surface area contributed by atoms with E-state index in [0.717, 1.165) is 13.1 Å². The number of hydrogen-bond acceptors (Lipinski definition) is 3. The number of carbonyl (C=O) groups is 1. The van der Waals surface area contributed by atoms with E-state index >= 15 is 0 Å². The Morgan fingerprint density at radius 3 is 2.38 bits per heavy atom. The Kier molecular flexibility index (Phi) is 5.28. The van der Waals surface area contributed by atoms with Crippen LogP contribution in [0.15, 0.2) is 18.2 Å². The number of likely N-dealkylation sites (tertiary alicyclic amines) is 1. The Morgan fingerprint density at radius 1 is 1.19 bits per heavy atom. The van der Waals surface area contributed by atoms with Crippen molar-refractivity contribution in [1.82, 2.24) is 4.90 Å². The molecule has 0 aliphatic carbocycles. The highest BCUT2D eigenvalue weighted by molar-refractivity contribution is 6.32. The smallest absolute Gasteiger partial charge is 0.182 e. The van der Waals surface area contributed by atoms with Crippen molar-refractivity contribution in [3.63, 3.8) is 0 Å². The Balaban J connectivity index is 2.24.